The molecule has 0 bridgehead atoms. The summed E-state index contributed by atoms with van der Waals surface area (Å²) in [7, 11) is 2.15. The van der Waals surface area contributed by atoms with E-state index in [1.54, 1.807) is 0 Å². The molecule has 2 rings (SSSR count). The molecule has 0 radical (unpaired) electrons. The molecule has 1 aromatic rings. The zero-order chi connectivity index (χ0) is 11.5. The summed E-state index contributed by atoms with van der Waals surface area (Å²) in [5, 5.41) is 4.38. The van der Waals surface area contributed by atoms with Crippen molar-refractivity contribution in [3.63, 3.8) is 0 Å². The molecule has 2 heterocycles. The van der Waals surface area contributed by atoms with Crippen molar-refractivity contribution < 1.29 is 0 Å². The SMILES string of the molecule is CCCn1cc(C2C(N)CCCN2C)cn1. The normalized spacial score (nSPS) is 27.2. The third kappa shape index (κ3) is 2.28. The highest BCUT2D eigenvalue weighted by molar-refractivity contribution is 5.14. The summed E-state index contributed by atoms with van der Waals surface area (Å²) >= 11 is 0. The van der Waals surface area contributed by atoms with Gasteiger partial charge in [-0.1, -0.05) is 6.92 Å². The molecule has 4 heteroatoms. The van der Waals surface area contributed by atoms with Crippen LogP contribution in [-0.4, -0.2) is 34.3 Å². The zero-order valence-corrected chi connectivity index (χ0v) is 10.3. The van der Waals surface area contributed by atoms with E-state index < -0.39 is 0 Å². The van der Waals surface area contributed by atoms with E-state index in [4.69, 9.17) is 5.73 Å². The molecule has 2 N–H and O–H groups in total. The molecule has 2 unspecified atom stereocenters. The van der Waals surface area contributed by atoms with Crippen LogP contribution in [-0.2, 0) is 6.54 Å². The number of likely N-dealkylation sites (N-methyl/N-ethyl adjacent to an activating group) is 1. The first kappa shape index (κ1) is 11.6. The van der Waals surface area contributed by atoms with Gasteiger partial charge in [-0.05, 0) is 32.9 Å². The first-order chi connectivity index (χ1) is 7.72. The van der Waals surface area contributed by atoms with Gasteiger partial charge in [0.1, 0.15) is 0 Å². The van der Waals surface area contributed by atoms with Gasteiger partial charge in [0.15, 0.2) is 0 Å². The Balaban J connectivity index is 2.14. The van der Waals surface area contributed by atoms with E-state index in [2.05, 4.69) is 30.2 Å². The van der Waals surface area contributed by atoms with Crippen LogP contribution in [0, 0.1) is 0 Å². The Labute approximate surface area is 97.4 Å². The number of hydrogen-bond donors (Lipinski definition) is 1. The summed E-state index contributed by atoms with van der Waals surface area (Å²) in [6.07, 6.45) is 7.57. The van der Waals surface area contributed by atoms with Gasteiger partial charge in [-0.2, -0.15) is 5.10 Å². The van der Waals surface area contributed by atoms with Gasteiger partial charge in [-0.3, -0.25) is 9.58 Å². The fourth-order valence-electron chi connectivity index (χ4n) is 2.59. The molecule has 1 fully saturated rings. The number of aromatic nitrogens is 2. The molecule has 2 atom stereocenters. The topological polar surface area (TPSA) is 47.1 Å². The second-order valence-electron chi connectivity index (χ2n) is 4.77. The number of rotatable bonds is 3. The van der Waals surface area contributed by atoms with Crippen molar-refractivity contribution in [3.8, 4) is 0 Å². The molecule has 4 nitrogen and oxygen atoms in total. The molecule has 1 aromatic heterocycles. The van der Waals surface area contributed by atoms with Crippen LogP contribution in [0.5, 0.6) is 0 Å². The van der Waals surface area contributed by atoms with Crippen molar-refractivity contribution in [3.05, 3.63) is 18.0 Å². The van der Waals surface area contributed by atoms with Crippen molar-refractivity contribution in [2.24, 2.45) is 5.73 Å². The highest BCUT2D eigenvalue weighted by Crippen LogP contribution is 2.28. The number of nitrogens with two attached hydrogens (primary N) is 1. The lowest BCUT2D eigenvalue weighted by Crippen LogP contribution is -2.43. The molecule has 0 spiro atoms. The highest BCUT2D eigenvalue weighted by Gasteiger charge is 2.28. The Morgan fingerprint density at radius 3 is 3.06 bits per heavy atom. The van der Waals surface area contributed by atoms with Crippen LogP contribution in [0.15, 0.2) is 12.4 Å². The van der Waals surface area contributed by atoms with Crippen LogP contribution in [0.1, 0.15) is 37.8 Å². The van der Waals surface area contributed by atoms with Gasteiger partial charge in [0.25, 0.3) is 0 Å². The summed E-state index contributed by atoms with van der Waals surface area (Å²) in [4.78, 5) is 2.35. The number of hydrogen-bond acceptors (Lipinski definition) is 3. The zero-order valence-electron chi connectivity index (χ0n) is 10.3. The Morgan fingerprint density at radius 2 is 2.38 bits per heavy atom. The second kappa shape index (κ2) is 4.97. The van der Waals surface area contributed by atoms with Crippen LogP contribution in [0.4, 0.5) is 0 Å². The highest BCUT2D eigenvalue weighted by atomic mass is 15.3. The van der Waals surface area contributed by atoms with E-state index in [1.807, 2.05) is 10.9 Å². The van der Waals surface area contributed by atoms with Gasteiger partial charge in [-0.25, -0.2) is 0 Å². The van der Waals surface area contributed by atoms with E-state index in [0.29, 0.717) is 6.04 Å². The number of likely N-dealkylation sites (tertiary alicyclic amines) is 1. The Kier molecular flexibility index (Phi) is 3.61. The monoisotopic (exact) mass is 222 g/mol. The fraction of sp³-hybridized carbons (Fsp3) is 0.750. The van der Waals surface area contributed by atoms with Crippen LogP contribution in [0.2, 0.25) is 0 Å². The number of nitrogens with zero attached hydrogens (tertiary/aromatic N) is 3. The van der Waals surface area contributed by atoms with Crippen molar-refractivity contribution in [2.45, 2.75) is 44.8 Å². The van der Waals surface area contributed by atoms with E-state index >= 15 is 0 Å². The van der Waals surface area contributed by atoms with Crippen LogP contribution < -0.4 is 5.73 Å². The standard InChI is InChI=1S/C12H22N4/c1-3-6-16-9-10(8-14-16)12-11(13)5-4-7-15(12)2/h8-9,11-12H,3-7,13H2,1-2H3. The molecule has 0 saturated carbocycles. The maximum atomic E-state index is 6.21. The summed E-state index contributed by atoms with van der Waals surface area (Å²) in [6, 6.07) is 0.595. The quantitative estimate of drug-likeness (QED) is 0.840. The molecule has 16 heavy (non-hydrogen) atoms. The van der Waals surface area contributed by atoms with Gasteiger partial charge >= 0.3 is 0 Å². The fourth-order valence-corrected chi connectivity index (χ4v) is 2.59. The lowest BCUT2D eigenvalue weighted by atomic mass is 9.93. The number of aryl methyl sites for hydroxylation is 1. The van der Waals surface area contributed by atoms with Crippen LogP contribution in [0.3, 0.4) is 0 Å². The maximum absolute atomic E-state index is 6.21. The maximum Gasteiger partial charge on any atom is 0.0538 e. The molecule has 1 saturated heterocycles. The van der Waals surface area contributed by atoms with Crippen molar-refractivity contribution >= 4 is 0 Å². The lowest BCUT2D eigenvalue weighted by molar-refractivity contribution is 0.163. The van der Waals surface area contributed by atoms with Gasteiger partial charge in [0.05, 0.1) is 12.2 Å². The smallest absolute Gasteiger partial charge is 0.0538 e. The Bertz CT molecular complexity index is 324. The van der Waals surface area contributed by atoms with E-state index in [-0.39, 0.29) is 6.04 Å². The Morgan fingerprint density at radius 1 is 1.56 bits per heavy atom. The van der Waals surface area contributed by atoms with E-state index in [0.717, 1.165) is 25.9 Å². The molecule has 0 amide bonds. The largest absolute Gasteiger partial charge is 0.326 e. The summed E-state index contributed by atoms with van der Waals surface area (Å²) < 4.78 is 2.02. The third-order valence-electron chi connectivity index (χ3n) is 3.38. The summed E-state index contributed by atoms with van der Waals surface area (Å²) in [5.74, 6) is 0. The molecule has 0 aromatic carbocycles. The minimum absolute atomic E-state index is 0.248. The van der Waals surface area contributed by atoms with E-state index in [1.165, 1.54) is 12.0 Å². The molecular weight excluding hydrogens is 200 g/mol. The average molecular weight is 222 g/mol. The van der Waals surface area contributed by atoms with Gasteiger partial charge in [-0.15, -0.1) is 0 Å². The molecule has 1 aliphatic heterocycles. The first-order valence-corrected chi connectivity index (χ1v) is 6.20. The predicted molar refractivity (Wildman–Crippen MR) is 65.1 cm³/mol. The first-order valence-electron chi connectivity index (χ1n) is 6.20. The van der Waals surface area contributed by atoms with Crippen LogP contribution >= 0.6 is 0 Å². The van der Waals surface area contributed by atoms with Crippen molar-refractivity contribution in [2.75, 3.05) is 13.6 Å². The average Bonchev–Trinajstić information content (AvgIpc) is 2.67. The third-order valence-corrected chi connectivity index (χ3v) is 3.38. The van der Waals surface area contributed by atoms with Gasteiger partial charge in [0, 0.05) is 24.3 Å². The van der Waals surface area contributed by atoms with Crippen molar-refractivity contribution in [1.82, 2.24) is 14.7 Å². The molecular formula is C12H22N4. The molecule has 0 aliphatic carbocycles. The van der Waals surface area contributed by atoms with Crippen LogP contribution in [0.25, 0.3) is 0 Å². The minimum Gasteiger partial charge on any atom is -0.326 e. The Hall–Kier alpha value is -0.870. The summed E-state index contributed by atoms with van der Waals surface area (Å²) in [5.41, 5.74) is 7.47. The molecule has 1 aliphatic rings. The molecule has 90 valence electrons. The van der Waals surface area contributed by atoms with Crippen molar-refractivity contribution in [1.29, 1.82) is 0 Å². The second-order valence-corrected chi connectivity index (χ2v) is 4.77. The van der Waals surface area contributed by atoms with Gasteiger partial charge in [0.2, 0.25) is 0 Å². The summed E-state index contributed by atoms with van der Waals surface area (Å²) in [6.45, 7) is 4.29. The van der Waals surface area contributed by atoms with E-state index in [9.17, 15) is 0 Å². The lowest BCUT2D eigenvalue weighted by Gasteiger charge is -2.36. The predicted octanol–water partition coefficient (Wildman–Crippen LogP) is 1.39. The number of piperidine rings is 1. The van der Waals surface area contributed by atoms with Gasteiger partial charge < -0.3 is 5.73 Å². The minimum atomic E-state index is 0.248.